The highest BCUT2D eigenvalue weighted by Gasteiger charge is 2.14. The normalized spacial score (nSPS) is 9.80. The van der Waals surface area contributed by atoms with E-state index in [1.807, 2.05) is 22.6 Å². The van der Waals surface area contributed by atoms with E-state index in [1.165, 1.54) is 13.2 Å². The third-order valence-electron chi connectivity index (χ3n) is 1.88. The number of carbonyl (C=O) groups excluding carboxylic acids is 2. The van der Waals surface area contributed by atoms with Crippen molar-refractivity contribution in [1.29, 1.82) is 0 Å². The number of halogens is 2. The van der Waals surface area contributed by atoms with Gasteiger partial charge >= 0.3 is 0 Å². The Balaban J connectivity index is 3.38. The minimum absolute atomic E-state index is 0.149. The van der Waals surface area contributed by atoms with E-state index in [1.54, 1.807) is 6.07 Å². The molecule has 0 unspecified atom stereocenters. The maximum absolute atomic E-state index is 11.5. The average Bonchev–Trinajstić information content (AvgIpc) is 2.26. The Morgan fingerprint density at radius 1 is 1.60 bits per heavy atom. The molecular formula is C10H8ClIO3. The number of benzene rings is 1. The van der Waals surface area contributed by atoms with Gasteiger partial charge in [0.2, 0.25) is 0 Å². The molecule has 0 aliphatic heterocycles. The van der Waals surface area contributed by atoms with Crippen LogP contribution in [0.3, 0.4) is 0 Å². The van der Waals surface area contributed by atoms with Crippen LogP contribution in [0.5, 0.6) is 5.75 Å². The molecule has 0 aliphatic rings. The van der Waals surface area contributed by atoms with Gasteiger partial charge in [-0.2, -0.15) is 0 Å². The van der Waals surface area contributed by atoms with Crippen LogP contribution in [0.25, 0.3) is 0 Å². The summed E-state index contributed by atoms with van der Waals surface area (Å²) in [6, 6.07) is 3.21. The molecule has 1 aromatic carbocycles. The summed E-state index contributed by atoms with van der Waals surface area (Å²) >= 11 is 7.43. The lowest BCUT2D eigenvalue weighted by Crippen LogP contribution is -2.07. The molecule has 0 bridgehead atoms. The first-order valence-corrected chi connectivity index (χ1v) is 5.67. The van der Waals surface area contributed by atoms with E-state index in [2.05, 4.69) is 0 Å². The monoisotopic (exact) mass is 338 g/mol. The molecule has 0 fully saturated rings. The number of methoxy groups -OCH3 is 1. The number of aldehydes is 1. The van der Waals surface area contributed by atoms with Gasteiger partial charge in [-0.15, -0.1) is 11.6 Å². The molecule has 1 aromatic rings. The zero-order valence-electron chi connectivity index (χ0n) is 7.92. The molecular weight excluding hydrogens is 330 g/mol. The van der Waals surface area contributed by atoms with E-state index in [4.69, 9.17) is 16.3 Å². The number of hydrogen-bond acceptors (Lipinski definition) is 3. The standard InChI is InChI=1S/C10H8ClIO3/c1-15-6-2-7(10(14)4-11)8(5-13)9(12)3-6/h2-3,5H,4H2,1H3. The Morgan fingerprint density at radius 3 is 2.73 bits per heavy atom. The molecule has 0 saturated heterocycles. The predicted molar refractivity (Wildman–Crippen MR) is 66.1 cm³/mol. The summed E-state index contributed by atoms with van der Waals surface area (Å²) in [6.07, 6.45) is 0.654. The number of carbonyl (C=O) groups is 2. The Bertz CT molecular complexity index is 404. The summed E-state index contributed by atoms with van der Waals surface area (Å²) in [5.41, 5.74) is 0.672. The minimum Gasteiger partial charge on any atom is -0.497 e. The fourth-order valence-electron chi connectivity index (χ4n) is 1.13. The largest absolute Gasteiger partial charge is 0.497 e. The number of hydrogen-bond donors (Lipinski definition) is 0. The molecule has 80 valence electrons. The van der Waals surface area contributed by atoms with E-state index < -0.39 is 0 Å². The van der Waals surface area contributed by atoms with Gasteiger partial charge < -0.3 is 4.74 Å². The molecule has 0 amide bonds. The van der Waals surface area contributed by atoms with Gasteiger partial charge in [-0.1, -0.05) is 0 Å². The van der Waals surface area contributed by atoms with Crippen molar-refractivity contribution in [3.63, 3.8) is 0 Å². The number of ether oxygens (including phenoxy) is 1. The molecule has 5 heteroatoms. The van der Waals surface area contributed by atoms with Crippen LogP contribution in [0, 0.1) is 3.57 Å². The topological polar surface area (TPSA) is 43.4 Å². The van der Waals surface area contributed by atoms with E-state index in [0.717, 1.165) is 0 Å². The maximum Gasteiger partial charge on any atom is 0.178 e. The second-order valence-electron chi connectivity index (χ2n) is 2.75. The first kappa shape index (κ1) is 12.4. The second-order valence-corrected chi connectivity index (χ2v) is 4.17. The summed E-state index contributed by atoms with van der Waals surface area (Å²) in [5, 5.41) is 0. The van der Waals surface area contributed by atoms with Crippen molar-refractivity contribution in [3.8, 4) is 5.75 Å². The Morgan fingerprint density at radius 2 is 2.27 bits per heavy atom. The SMILES string of the molecule is COc1cc(I)c(C=O)c(C(=O)CCl)c1. The summed E-state index contributed by atoms with van der Waals surface area (Å²) in [6.45, 7) is 0. The van der Waals surface area contributed by atoms with Gasteiger partial charge in [-0.25, -0.2) is 0 Å². The van der Waals surface area contributed by atoms with Crippen LogP contribution in [-0.2, 0) is 0 Å². The van der Waals surface area contributed by atoms with Gasteiger partial charge in [0.15, 0.2) is 12.1 Å². The van der Waals surface area contributed by atoms with Gasteiger partial charge in [-0.05, 0) is 34.7 Å². The maximum atomic E-state index is 11.5. The van der Waals surface area contributed by atoms with Gasteiger partial charge in [0.1, 0.15) is 5.75 Å². The van der Waals surface area contributed by atoms with Crippen LogP contribution in [-0.4, -0.2) is 25.1 Å². The van der Waals surface area contributed by atoms with Crippen molar-refractivity contribution in [2.24, 2.45) is 0 Å². The van der Waals surface area contributed by atoms with Crippen LogP contribution in [0.4, 0.5) is 0 Å². The summed E-state index contributed by atoms with van der Waals surface area (Å²) in [5.74, 6) is 0.110. The van der Waals surface area contributed by atoms with Crippen LogP contribution in [0.2, 0.25) is 0 Å². The highest BCUT2D eigenvalue weighted by Crippen LogP contribution is 2.23. The van der Waals surface area contributed by atoms with Crippen LogP contribution in [0.15, 0.2) is 12.1 Å². The summed E-state index contributed by atoms with van der Waals surface area (Å²) in [7, 11) is 1.50. The molecule has 0 radical (unpaired) electrons. The van der Waals surface area contributed by atoms with Crippen molar-refractivity contribution < 1.29 is 14.3 Å². The highest BCUT2D eigenvalue weighted by molar-refractivity contribution is 14.1. The third-order valence-corrected chi connectivity index (χ3v) is 3.01. The van der Waals surface area contributed by atoms with Crippen LogP contribution in [0.1, 0.15) is 20.7 Å². The smallest absolute Gasteiger partial charge is 0.178 e. The Hall–Kier alpha value is -0.620. The van der Waals surface area contributed by atoms with Crippen molar-refractivity contribution in [1.82, 2.24) is 0 Å². The van der Waals surface area contributed by atoms with Crippen molar-refractivity contribution in [2.75, 3.05) is 13.0 Å². The first-order valence-electron chi connectivity index (χ1n) is 4.06. The summed E-state index contributed by atoms with van der Waals surface area (Å²) in [4.78, 5) is 22.3. The number of Topliss-reactive ketones (excluding diaryl/α,β-unsaturated/α-hetero) is 1. The zero-order chi connectivity index (χ0) is 11.4. The van der Waals surface area contributed by atoms with E-state index in [-0.39, 0.29) is 11.7 Å². The number of alkyl halides is 1. The first-order chi connectivity index (χ1) is 7.13. The summed E-state index contributed by atoms with van der Waals surface area (Å²) < 4.78 is 5.69. The van der Waals surface area contributed by atoms with Crippen LogP contribution < -0.4 is 4.74 Å². The fourth-order valence-corrected chi connectivity index (χ4v) is 2.00. The molecule has 3 nitrogen and oxygen atoms in total. The molecule has 0 saturated carbocycles. The molecule has 0 atom stereocenters. The quantitative estimate of drug-likeness (QED) is 0.367. The van der Waals surface area contributed by atoms with Crippen molar-refractivity contribution >= 4 is 46.3 Å². The number of rotatable bonds is 4. The zero-order valence-corrected chi connectivity index (χ0v) is 10.8. The molecule has 15 heavy (non-hydrogen) atoms. The Kier molecular flexibility index (Phi) is 4.53. The lowest BCUT2D eigenvalue weighted by molar-refractivity contribution is 0.101. The van der Waals surface area contributed by atoms with Crippen molar-refractivity contribution in [3.05, 3.63) is 26.8 Å². The minimum atomic E-state index is -0.282. The van der Waals surface area contributed by atoms with Gasteiger partial charge in [0, 0.05) is 14.7 Å². The van der Waals surface area contributed by atoms with E-state index >= 15 is 0 Å². The second kappa shape index (κ2) is 5.46. The van der Waals surface area contributed by atoms with Gasteiger partial charge in [0.25, 0.3) is 0 Å². The molecule has 0 aromatic heterocycles. The lowest BCUT2D eigenvalue weighted by Gasteiger charge is -2.07. The predicted octanol–water partition coefficient (Wildman–Crippen LogP) is 2.53. The van der Waals surface area contributed by atoms with E-state index in [0.29, 0.717) is 26.7 Å². The third kappa shape index (κ3) is 2.69. The lowest BCUT2D eigenvalue weighted by atomic mass is 10.1. The molecule has 0 spiro atoms. The number of ketones is 1. The molecule has 0 heterocycles. The molecule has 0 aliphatic carbocycles. The average molecular weight is 339 g/mol. The molecule has 0 N–H and O–H groups in total. The Labute approximate surface area is 106 Å². The van der Waals surface area contributed by atoms with Gasteiger partial charge in [0.05, 0.1) is 13.0 Å². The van der Waals surface area contributed by atoms with Crippen molar-refractivity contribution in [2.45, 2.75) is 0 Å². The fraction of sp³-hybridized carbons (Fsp3) is 0.200. The van der Waals surface area contributed by atoms with Gasteiger partial charge in [-0.3, -0.25) is 9.59 Å². The van der Waals surface area contributed by atoms with E-state index in [9.17, 15) is 9.59 Å². The highest BCUT2D eigenvalue weighted by atomic mass is 127. The van der Waals surface area contributed by atoms with Crippen LogP contribution >= 0.6 is 34.2 Å². The molecule has 1 rings (SSSR count).